The SMILES string of the molecule is COc1ccccc1/C=N/OCc1ccccc1. The molecular weight excluding hydrogens is 226 g/mol. The third kappa shape index (κ3) is 3.35. The minimum absolute atomic E-state index is 0.465. The van der Waals surface area contributed by atoms with Crippen LogP contribution in [0.2, 0.25) is 0 Å². The van der Waals surface area contributed by atoms with Gasteiger partial charge in [-0.25, -0.2) is 0 Å². The van der Waals surface area contributed by atoms with Gasteiger partial charge < -0.3 is 9.57 Å². The van der Waals surface area contributed by atoms with Crippen molar-refractivity contribution in [2.24, 2.45) is 5.16 Å². The van der Waals surface area contributed by atoms with Crippen LogP contribution in [0, 0.1) is 0 Å². The molecule has 0 N–H and O–H groups in total. The zero-order valence-electron chi connectivity index (χ0n) is 10.2. The van der Waals surface area contributed by atoms with Crippen molar-refractivity contribution in [2.75, 3.05) is 7.11 Å². The van der Waals surface area contributed by atoms with Crippen molar-refractivity contribution in [2.45, 2.75) is 6.61 Å². The van der Waals surface area contributed by atoms with E-state index in [2.05, 4.69) is 5.16 Å². The number of ether oxygens (including phenoxy) is 1. The van der Waals surface area contributed by atoms with Gasteiger partial charge in [-0.1, -0.05) is 47.6 Å². The van der Waals surface area contributed by atoms with Gasteiger partial charge >= 0.3 is 0 Å². The van der Waals surface area contributed by atoms with Crippen LogP contribution in [0.15, 0.2) is 59.8 Å². The molecule has 3 nitrogen and oxygen atoms in total. The van der Waals surface area contributed by atoms with Gasteiger partial charge in [-0.15, -0.1) is 0 Å². The normalized spacial score (nSPS) is 10.5. The predicted octanol–water partition coefficient (Wildman–Crippen LogP) is 3.25. The molecular formula is C15H15NO2. The fourth-order valence-corrected chi connectivity index (χ4v) is 1.55. The number of nitrogens with zero attached hydrogens (tertiary/aromatic N) is 1. The highest BCUT2D eigenvalue weighted by Gasteiger charge is 1.97. The number of para-hydroxylation sites is 1. The van der Waals surface area contributed by atoms with E-state index >= 15 is 0 Å². The Morgan fingerprint density at radius 1 is 1.00 bits per heavy atom. The molecule has 0 aliphatic rings. The minimum atomic E-state index is 0.465. The molecule has 0 saturated carbocycles. The molecule has 0 atom stereocenters. The summed E-state index contributed by atoms with van der Waals surface area (Å²) in [4.78, 5) is 5.24. The molecule has 0 aromatic heterocycles. The van der Waals surface area contributed by atoms with E-state index < -0.39 is 0 Å². The number of benzene rings is 2. The van der Waals surface area contributed by atoms with E-state index in [4.69, 9.17) is 9.57 Å². The smallest absolute Gasteiger partial charge is 0.142 e. The van der Waals surface area contributed by atoms with Gasteiger partial charge in [0.2, 0.25) is 0 Å². The van der Waals surface area contributed by atoms with Gasteiger partial charge in [-0.2, -0.15) is 0 Å². The summed E-state index contributed by atoms with van der Waals surface area (Å²) in [5.74, 6) is 0.782. The Bertz CT molecular complexity index is 509. The van der Waals surface area contributed by atoms with Crippen LogP contribution in [0.1, 0.15) is 11.1 Å². The lowest BCUT2D eigenvalue weighted by atomic mass is 10.2. The van der Waals surface area contributed by atoms with Gasteiger partial charge in [-0.3, -0.25) is 0 Å². The lowest BCUT2D eigenvalue weighted by Crippen LogP contribution is -1.91. The number of oxime groups is 1. The summed E-state index contributed by atoms with van der Waals surface area (Å²) in [5, 5.41) is 3.94. The van der Waals surface area contributed by atoms with Gasteiger partial charge in [0.05, 0.1) is 13.3 Å². The highest BCUT2D eigenvalue weighted by atomic mass is 16.6. The van der Waals surface area contributed by atoms with E-state index in [0.717, 1.165) is 16.9 Å². The molecule has 0 fully saturated rings. The molecule has 92 valence electrons. The Hall–Kier alpha value is -2.29. The lowest BCUT2D eigenvalue weighted by molar-refractivity contribution is 0.132. The molecule has 2 aromatic rings. The zero-order chi connectivity index (χ0) is 12.6. The maximum absolute atomic E-state index is 5.24. The summed E-state index contributed by atoms with van der Waals surface area (Å²) in [7, 11) is 1.64. The first-order chi connectivity index (χ1) is 8.90. The topological polar surface area (TPSA) is 30.8 Å². The maximum Gasteiger partial charge on any atom is 0.142 e. The average molecular weight is 241 g/mol. The van der Waals surface area contributed by atoms with E-state index in [1.54, 1.807) is 13.3 Å². The second-order valence-electron chi connectivity index (χ2n) is 3.74. The van der Waals surface area contributed by atoms with Crippen molar-refractivity contribution >= 4 is 6.21 Å². The fraction of sp³-hybridized carbons (Fsp3) is 0.133. The van der Waals surface area contributed by atoms with E-state index in [1.165, 1.54) is 0 Å². The van der Waals surface area contributed by atoms with E-state index in [1.807, 2.05) is 54.6 Å². The van der Waals surface area contributed by atoms with E-state index in [9.17, 15) is 0 Å². The summed E-state index contributed by atoms with van der Waals surface area (Å²) in [6, 6.07) is 17.6. The Balaban J connectivity index is 1.92. The molecule has 0 saturated heterocycles. The first-order valence-corrected chi connectivity index (χ1v) is 5.72. The Morgan fingerprint density at radius 3 is 2.50 bits per heavy atom. The molecule has 18 heavy (non-hydrogen) atoms. The summed E-state index contributed by atoms with van der Waals surface area (Å²) >= 11 is 0. The van der Waals surface area contributed by atoms with Crippen molar-refractivity contribution in [3.63, 3.8) is 0 Å². The van der Waals surface area contributed by atoms with Gasteiger partial charge in [0.15, 0.2) is 0 Å². The number of hydrogen-bond acceptors (Lipinski definition) is 3. The van der Waals surface area contributed by atoms with Crippen molar-refractivity contribution in [1.82, 2.24) is 0 Å². The standard InChI is InChI=1S/C15H15NO2/c1-17-15-10-6-5-9-14(15)11-16-18-12-13-7-3-2-4-8-13/h2-11H,12H2,1H3/b16-11+. The largest absolute Gasteiger partial charge is 0.496 e. The molecule has 0 spiro atoms. The number of hydrogen-bond donors (Lipinski definition) is 0. The Morgan fingerprint density at radius 2 is 1.72 bits per heavy atom. The molecule has 3 heteroatoms. The highest BCUT2D eigenvalue weighted by Crippen LogP contribution is 2.14. The Labute approximate surface area is 107 Å². The van der Waals surface area contributed by atoms with E-state index in [-0.39, 0.29) is 0 Å². The van der Waals surface area contributed by atoms with Gasteiger partial charge in [0, 0.05) is 5.56 Å². The summed E-state index contributed by atoms with van der Waals surface area (Å²) in [6.45, 7) is 0.465. The average Bonchev–Trinajstić information content (AvgIpc) is 2.45. The molecule has 2 aromatic carbocycles. The molecule has 0 bridgehead atoms. The first-order valence-electron chi connectivity index (χ1n) is 5.72. The summed E-state index contributed by atoms with van der Waals surface area (Å²) in [5.41, 5.74) is 1.99. The maximum atomic E-state index is 5.24. The van der Waals surface area contributed by atoms with Crippen LogP contribution in [-0.2, 0) is 11.4 Å². The molecule has 0 aliphatic carbocycles. The zero-order valence-corrected chi connectivity index (χ0v) is 10.2. The molecule has 0 heterocycles. The fourth-order valence-electron chi connectivity index (χ4n) is 1.55. The molecule has 0 radical (unpaired) electrons. The van der Waals surface area contributed by atoms with Gasteiger partial charge in [-0.05, 0) is 17.7 Å². The van der Waals surface area contributed by atoms with Crippen LogP contribution in [0.4, 0.5) is 0 Å². The molecule has 2 rings (SSSR count). The molecule has 0 aliphatic heterocycles. The lowest BCUT2D eigenvalue weighted by Gasteiger charge is -2.03. The summed E-state index contributed by atoms with van der Waals surface area (Å²) in [6.07, 6.45) is 1.65. The minimum Gasteiger partial charge on any atom is -0.496 e. The predicted molar refractivity (Wildman–Crippen MR) is 71.8 cm³/mol. The van der Waals surface area contributed by atoms with Crippen molar-refractivity contribution in [1.29, 1.82) is 0 Å². The Kier molecular flexibility index (Phi) is 4.36. The van der Waals surface area contributed by atoms with Crippen LogP contribution >= 0.6 is 0 Å². The van der Waals surface area contributed by atoms with Crippen molar-refractivity contribution in [3.8, 4) is 5.75 Å². The quantitative estimate of drug-likeness (QED) is 0.594. The monoisotopic (exact) mass is 241 g/mol. The first kappa shape index (κ1) is 12.2. The molecule has 0 unspecified atom stereocenters. The second kappa shape index (κ2) is 6.45. The number of rotatable bonds is 5. The highest BCUT2D eigenvalue weighted by molar-refractivity contribution is 5.82. The van der Waals surface area contributed by atoms with Crippen LogP contribution in [0.5, 0.6) is 5.75 Å². The van der Waals surface area contributed by atoms with Crippen molar-refractivity contribution in [3.05, 3.63) is 65.7 Å². The molecule has 0 amide bonds. The van der Waals surface area contributed by atoms with Crippen LogP contribution < -0.4 is 4.74 Å². The number of methoxy groups -OCH3 is 1. The summed E-state index contributed by atoms with van der Waals surface area (Å²) < 4.78 is 5.21. The van der Waals surface area contributed by atoms with Gasteiger partial charge in [0.1, 0.15) is 12.4 Å². The third-order valence-electron chi connectivity index (χ3n) is 2.48. The van der Waals surface area contributed by atoms with Crippen LogP contribution in [-0.4, -0.2) is 13.3 Å². The van der Waals surface area contributed by atoms with Crippen LogP contribution in [0.25, 0.3) is 0 Å². The van der Waals surface area contributed by atoms with Crippen LogP contribution in [0.3, 0.4) is 0 Å². The van der Waals surface area contributed by atoms with Gasteiger partial charge in [0.25, 0.3) is 0 Å². The second-order valence-corrected chi connectivity index (χ2v) is 3.74. The third-order valence-corrected chi connectivity index (χ3v) is 2.48. The van der Waals surface area contributed by atoms with Crippen molar-refractivity contribution < 1.29 is 9.57 Å². The van der Waals surface area contributed by atoms with E-state index in [0.29, 0.717) is 6.61 Å².